The molecule has 12 nitrogen and oxygen atoms in total. The summed E-state index contributed by atoms with van der Waals surface area (Å²) >= 11 is 0. The normalized spacial score (nSPS) is 15.3. The van der Waals surface area contributed by atoms with Crippen LogP contribution in [0.15, 0.2) is 48.8 Å². The van der Waals surface area contributed by atoms with Crippen LogP contribution in [0.4, 0.5) is 4.79 Å². The fraction of sp³-hybridized carbons (Fsp3) is 0.405. The zero-order valence-electron chi connectivity index (χ0n) is 28.6. The van der Waals surface area contributed by atoms with E-state index < -0.39 is 6.09 Å². The molecule has 2 aliphatic rings. The molecule has 1 aliphatic carbocycles. The summed E-state index contributed by atoms with van der Waals surface area (Å²) in [6, 6.07) is 13.2. The van der Waals surface area contributed by atoms with Crippen LogP contribution in [0.3, 0.4) is 0 Å². The summed E-state index contributed by atoms with van der Waals surface area (Å²) in [5.41, 5.74) is 10.4. The fourth-order valence-electron chi connectivity index (χ4n) is 7.45. The van der Waals surface area contributed by atoms with Crippen molar-refractivity contribution in [1.29, 1.82) is 0 Å². The fourth-order valence-corrected chi connectivity index (χ4v) is 7.45. The average Bonchev–Trinajstić information content (AvgIpc) is 3.94. The van der Waals surface area contributed by atoms with E-state index in [2.05, 4.69) is 84.8 Å². The second-order valence-corrected chi connectivity index (χ2v) is 13.0. The number of hydrogen-bond donors (Lipinski definition) is 3. The highest BCUT2D eigenvalue weighted by atomic mass is 16.5. The van der Waals surface area contributed by atoms with Gasteiger partial charge in [-0.3, -0.25) is 9.69 Å². The molecule has 1 atom stereocenters. The summed E-state index contributed by atoms with van der Waals surface area (Å²) in [7, 11) is 5.15. The minimum Gasteiger partial charge on any atom is -0.453 e. The number of rotatable bonds is 12. The van der Waals surface area contributed by atoms with E-state index in [0.717, 1.165) is 79.5 Å². The van der Waals surface area contributed by atoms with E-state index in [0.29, 0.717) is 13.2 Å². The Kier molecular flexibility index (Phi) is 9.24. The van der Waals surface area contributed by atoms with E-state index in [1.165, 1.54) is 40.4 Å². The maximum atomic E-state index is 12.9. The van der Waals surface area contributed by atoms with Crippen molar-refractivity contribution in [3.05, 3.63) is 71.6 Å². The van der Waals surface area contributed by atoms with Crippen LogP contribution < -0.4 is 5.32 Å². The molecule has 2 aromatic carbocycles. The van der Waals surface area contributed by atoms with Crippen molar-refractivity contribution in [1.82, 2.24) is 39.6 Å². The maximum Gasteiger partial charge on any atom is 0.407 e. The van der Waals surface area contributed by atoms with Crippen LogP contribution in [0.25, 0.3) is 44.7 Å². The van der Waals surface area contributed by atoms with E-state index in [1.54, 1.807) is 12.0 Å². The minimum atomic E-state index is -0.620. The second kappa shape index (κ2) is 13.9. The number of aromatic nitrogens is 5. The number of aromatic amines is 2. The lowest BCUT2D eigenvalue weighted by Crippen LogP contribution is -2.40. The zero-order valence-corrected chi connectivity index (χ0v) is 28.6. The standard InChI is InChI=1S/C37H44N8O4/c1-5-12-43(2)22-33-38-19-29(41-33)24-9-11-31-27(17-24)28-18-25-16-23(8-10-26(25)35(28)45(31)14-15-48-3)30-20-39-36(42-30)32-7-6-13-44(32)34(46)21-40-37(47)49-4/h8-11,16-17,19-20,32H,5-7,12-15,18,21-22H2,1-4H3,(H,38,41)(H,39,42)(H,40,47). The summed E-state index contributed by atoms with van der Waals surface area (Å²) in [6.45, 7) is 5.91. The first-order valence-electron chi connectivity index (χ1n) is 17.0. The highest BCUT2D eigenvalue weighted by Crippen LogP contribution is 2.45. The number of H-pyrrole nitrogens is 2. The first-order chi connectivity index (χ1) is 23.9. The molecule has 0 saturated carbocycles. The zero-order chi connectivity index (χ0) is 34.1. The lowest BCUT2D eigenvalue weighted by atomic mass is 10.0. The van der Waals surface area contributed by atoms with Gasteiger partial charge < -0.3 is 34.2 Å². The molecule has 1 saturated heterocycles. The Labute approximate surface area is 285 Å². The summed E-state index contributed by atoms with van der Waals surface area (Å²) in [4.78, 5) is 44.9. The number of likely N-dealkylation sites (tertiary alicyclic amines) is 1. The number of imidazole rings is 2. The Hall–Kier alpha value is -4.94. The summed E-state index contributed by atoms with van der Waals surface area (Å²) in [5, 5.41) is 3.74. The number of fused-ring (bicyclic) bond motifs is 5. The number of nitrogens with one attached hydrogen (secondary N) is 3. The predicted molar refractivity (Wildman–Crippen MR) is 188 cm³/mol. The van der Waals surface area contributed by atoms with Gasteiger partial charge in [0.25, 0.3) is 0 Å². The average molecular weight is 665 g/mol. The van der Waals surface area contributed by atoms with Crippen LogP contribution in [-0.2, 0) is 33.8 Å². The third kappa shape index (κ3) is 6.33. The number of benzene rings is 2. The SMILES string of the molecule is CCCN(C)Cc1ncc(-c2ccc3c(c2)c2c(n3CCOC)-c3ccc(-c4cnc(C5CCCN5C(=O)CNC(=O)OC)[nH]4)cc3C2)[nH]1. The number of amides is 2. The largest absolute Gasteiger partial charge is 0.453 e. The monoisotopic (exact) mass is 664 g/mol. The number of methoxy groups -OCH3 is 2. The van der Waals surface area contributed by atoms with Gasteiger partial charge in [0.1, 0.15) is 18.2 Å². The molecule has 5 aromatic rings. The van der Waals surface area contributed by atoms with Gasteiger partial charge in [-0.05, 0) is 67.7 Å². The Bertz CT molecular complexity index is 1990. The molecule has 256 valence electrons. The lowest BCUT2D eigenvalue weighted by Gasteiger charge is -2.23. The number of carbonyl (C=O) groups is 2. The Morgan fingerprint density at radius 2 is 1.86 bits per heavy atom. The number of carbonyl (C=O) groups excluding carboxylic acids is 2. The second-order valence-electron chi connectivity index (χ2n) is 13.0. The van der Waals surface area contributed by atoms with Crippen molar-refractivity contribution >= 4 is 22.9 Å². The molecule has 0 spiro atoms. The molecule has 0 bridgehead atoms. The highest BCUT2D eigenvalue weighted by molar-refractivity contribution is 5.98. The molecule has 49 heavy (non-hydrogen) atoms. The lowest BCUT2D eigenvalue weighted by molar-refractivity contribution is -0.131. The molecule has 2 amide bonds. The quantitative estimate of drug-likeness (QED) is 0.157. The van der Waals surface area contributed by atoms with Crippen LogP contribution in [0, 0.1) is 0 Å². The molecule has 3 aromatic heterocycles. The predicted octanol–water partition coefficient (Wildman–Crippen LogP) is 5.50. The molecule has 12 heteroatoms. The Morgan fingerprint density at radius 1 is 1.06 bits per heavy atom. The maximum absolute atomic E-state index is 12.9. The van der Waals surface area contributed by atoms with Crippen molar-refractivity contribution < 1.29 is 19.1 Å². The van der Waals surface area contributed by atoms with Gasteiger partial charge in [-0.1, -0.05) is 25.1 Å². The molecule has 4 heterocycles. The number of hydrogen-bond acceptors (Lipinski definition) is 7. The van der Waals surface area contributed by atoms with Crippen LogP contribution >= 0.6 is 0 Å². The number of ether oxygens (including phenoxy) is 2. The summed E-state index contributed by atoms with van der Waals surface area (Å²) in [6.07, 6.45) is 6.80. The van der Waals surface area contributed by atoms with Gasteiger partial charge in [0.2, 0.25) is 5.91 Å². The molecular formula is C37H44N8O4. The van der Waals surface area contributed by atoms with E-state index in [4.69, 9.17) is 9.72 Å². The molecule has 1 fully saturated rings. The summed E-state index contributed by atoms with van der Waals surface area (Å²) < 4.78 is 12.5. The molecule has 1 aliphatic heterocycles. The van der Waals surface area contributed by atoms with Gasteiger partial charge in [0, 0.05) is 48.6 Å². The van der Waals surface area contributed by atoms with Gasteiger partial charge in [-0.15, -0.1) is 0 Å². The van der Waals surface area contributed by atoms with Crippen molar-refractivity contribution in [2.75, 3.05) is 47.5 Å². The Morgan fingerprint density at radius 3 is 2.67 bits per heavy atom. The van der Waals surface area contributed by atoms with Crippen molar-refractivity contribution in [2.24, 2.45) is 0 Å². The minimum absolute atomic E-state index is 0.106. The molecule has 7 rings (SSSR count). The van der Waals surface area contributed by atoms with Crippen molar-refractivity contribution in [2.45, 2.75) is 51.7 Å². The molecular weight excluding hydrogens is 620 g/mol. The van der Waals surface area contributed by atoms with Gasteiger partial charge in [-0.25, -0.2) is 14.8 Å². The van der Waals surface area contributed by atoms with E-state index in [1.807, 2.05) is 12.4 Å². The van der Waals surface area contributed by atoms with Crippen LogP contribution in [0.1, 0.15) is 55.0 Å². The third-order valence-electron chi connectivity index (χ3n) is 9.74. The number of alkyl carbamates (subject to hydrolysis) is 1. The van der Waals surface area contributed by atoms with E-state index >= 15 is 0 Å². The highest BCUT2D eigenvalue weighted by Gasteiger charge is 2.32. The molecule has 1 unspecified atom stereocenters. The Balaban J connectivity index is 1.15. The first-order valence-corrected chi connectivity index (χ1v) is 17.0. The van der Waals surface area contributed by atoms with E-state index in [9.17, 15) is 9.59 Å². The van der Waals surface area contributed by atoms with E-state index in [-0.39, 0.29) is 18.5 Å². The van der Waals surface area contributed by atoms with Gasteiger partial charge in [-0.2, -0.15) is 0 Å². The van der Waals surface area contributed by atoms with Crippen LogP contribution in [-0.4, -0.2) is 93.8 Å². The van der Waals surface area contributed by atoms with Crippen molar-refractivity contribution in [3.63, 3.8) is 0 Å². The molecule has 3 N–H and O–H groups in total. The number of nitrogens with zero attached hydrogens (tertiary/aromatic N) is 5. The smallest absolute Gasteiger partial charge is 0.407 e. The topological polar surface area (TPSA) is 133 Å². The van der Waals surface area contributed by atoms with Crippen LogP contribution in [0.2, 0.25) is 0 Å². The summed E-state index contributed by atoms with van der Waals surface area (Å²) in [5.74, 6) is 1.57. The first kappa shape index (κ1) is 32.6. The van der Waals surface area contributed by atoms with Gasteiger partial charge in [0.15, 0.2) is 0 Å². The van der Waals surface area contributed by atoms with Gasteiger partial charge >= 0.3 is 6.09 Å². The third-order valence-corrected chi connectivity index (χ3v) is 9.74. The van der Waals surface area contributed by atoms with Crippen molar-refractivity contribution in [3.8, 4) is 33.8 Å². The molecule has 0 radical (unpaired) electrons. The van der Waals surface area contributed by atoms with Gasteiger partial charge in [0.05, 0.1) is 55.8 Å². The van der Waals surface area contributed by atoms with Crippen LogP contribution in [0.5, 0.6) is 0 Å².